The van der Waals surface area contributed by atoms with Crippen molar-refractivity contribution >= 4 is 5.91 Å². The zero-order valence-electron chi connectivity index (χ0n) is 9.88. The van der Waals surface area contributed by atoms with Crippen molar-refractivity contribution in [3.8, 4) is 5.75 Å². The van der Waals surface area contributed by atoms with Crippen LogP contribution >= 0.6 is 0 Å². The molecule has 0 atom stereocenters. The lowest BCUT2D eigenvalue weighted by Gasteiger charge is -2.08. The van der Waals surface area contributed by atoms with Gasteiger partial charge in [0.05, 0.1) is 12.7 Å². The Hall–Kier alpha value is -2.44. The number of benzene rings is 1. The first-order valence-electron chi connectivity index (χ1n) is 5.45. The number of carbonyl (C=O) groups is 1. The van der Waals surface area contributed by atoms with E-state index in [0.29, 0.717) is 30.1 Å². The molecule has 2 rings (SSSR count). The van der Waals surface area contributed by atoms with Crippen LogP contribution < -0.4 is 10.1 Å². The molecule has 7 heteroatoms. The van der Waals surface area contributed by atoms with Crippen LogP contribution in [0.5, 0.6) is 5.75 Å². The van der Waals surface area contributed by atoms with Gasteiger partial charge in [0, 0.05) is 13.0 Å². The highest BCUT2D eigenvalue weighted by molar-refractivity contribution is 5.96. The van der Waals surface area contributed by atoms with Crippen molar-refractivity contribution in [2.75, 3.05) is 13.7 Å². The average molecular weight is 247 g/mol. The molecule has 1 aromatic carbocycles. The molecule has 2 N–H and O–H groups in total. The van der Waals surface area contributed by atoms with Crippen LogP contribution in [0.2, 0.25) is 0 Å². The summed E-state index contributed by atoms with van der Waals surface area (Å²) in [4.78, 5) is 11.9. The number of hydrogen-bond acceptors (Lipinski definition) is 5. The number of carbonyl (C=O) groups excluding carboxylic acids is 1. The predicted octanol–water partition coefficient (Wildman–Crippen LogP) is 0.181. The van der Waals surface area contributed by atoms with Crippen molar-refractivity contribution in [2.45, 2.75) is 6.42 Å². The van der Waals surface area contributed by atoms with E-state index in [1.165, 1.54) is 7.11 Å². The first-order chi connectivity index (χ1) is 8.81. The van der Waals surface area contributed by atoms with Gasteiger partial charge in [-0.15, -0.1) is 10.2 Å². The van der Waals surface area contributed by atoms with Gasteiger partial charge < -0.3 is 10.1 Å². The highest BCUT2D eigenvalue weighted by atomic mass is 16.5. The summed E-state index contributed by atoms with van der Waals surface area (Å²) in [6, 6.07) is 7.06. The molecule has 18 heavy (non-hydrogen) atoms. The molecule has 1 aromatic heterocycles. The molecule has 0 saturated heterocycles. The van der Waals surface area contributed by atoms with Gasteiger partial charge >= 0.3 is 0 Å². The molecule has 0 spiro atoms. The highest BCUT2D eigenvalue weighted by Crippen LogP contribution is 2.16. The number of amides is 1. The summed E-state index contributed by atoms with van der Waals surface area (Å²) in [6.07, 6.45) is 0.525. The van der Waals surface area contributed by atoms with E-state index in [2.05, 4.69) is 25.9 Å². The number of para-hydroxylation sites is 1. The van der Waals surface area contributed by atoms with E-state index in [9.17, 15) is 4.79 Å². The SMILES string of the molecule is COc1ccccc1C(=O)NCCc1nn[nH]n1. The zero-order chi connectivity index (χ0) is 12.8. The van der Waals surface area contributed by atoms with Crippen molar-refractivity contribution in [2.24, 2.45) is 0 Å². The molecule has 7 nitrogen and oxygen atoms in total. The van der Waals surface area contributed by atoms with E-state index in [0.717, 1.165) is 0 Å². The topological polar surface area (TPSA) is 92.8 Å². The van der Waals surface area contributed by atoms with Crippen molar-refractivity contribution in [1.29, 1.82) is 0 Å². The molecular weight excluding hydrogens is 234 g/mol. The zero-order valence-corrected chi connectivity index (χ0v) is 9.88. The number of nitrogens with zero attached hydrogens (tertiary/aromatic N) is 3. The first-order valence-corrected chi connectivity index (χ1v) is 5.45. The van der Waals surface area contributed by atoms with Crippen molar-refractivity contribution < 1.29 is 9.53 Å². The number of nitrogens with one attached hydrogen (secondary N) is 2. The predicted molar refractivity (Wildman–Crippen MR) is 63.2 cm³/mol. The van der Waals surface area contributed by atoms with Gasteiger partial charge in [0.2, 0.25) is 0 Å². The van der Waals surface area contributed by atoms with Gasteiger partial charge in [-0.05, 0) is 12.1 Å². The molecule has 0 saturated carbocycles. The van der Waals surface area contributed by atoms with E-state index in [1.807, 2.05) is 6.07 Å². The molecular formula is C11H13N5O2. The summed E-state index contributed by atoms with van der Waals surface area (Å²) < 4.78 is 5.12. The smallest absolute Gasteiger partial charge is 0.255 e. The minimum absolute atomic E-state index is 0.184. The Balaban J connectivity index is 1.91. The van der Waals surface area contributed by atoms with Crippen molar-refractivity contribution in [3.63, 3.8) is 0 Å². The number of methoxy groups -OCH3 is 1. The number of rotatable bonds is 5. The van der Waals surface area contributed by atoms with Crippen LogP contribution in [0.1, 0.15) is 16.2 Å². The first kappa shape index (κ1) is 12.0. The molecule has 0 aliphatic heterocycles. The fraction of sp³-hybridized carbons (Fsp3) is 0.273. The van der Waals surface area contributed by atoms with Crippen LogP contribution in [0.4, 0.5) is 0 Å². The quantitative estimate of drug-likeness (QED) is 0.786. The number of aromatic nitrogens is 4. The third kappa shape index (κ3) is 2.82. The van der Waals surface area contributed by atoms with Gasteiger partial charge in [0.1, 0.15) is 5.75 Å². The van der Waals surface area contributed by atoms with Gasteiger partial charge in [0.25, 0.3) is 5.91 Å². The van der Waals surface area contributed by atoms with E-state index in [-0.39, 0.29) is 5.91 Å². The second-order valence-corrected chi connectivity index (χ2v) is 3.53. The van der Waals surface area contributed by atoms with Gasteiger partial charge in [-0.3, -0.25) is 4.79 Å². The third-order valence-corrected chi connectivity index (χ3v) is 2.37. The number of aromatic amines is 1. The Labute approximate surface area is 104 Å². The summed E-state index contributed by atoms with van der Waals surface area (Å²) in [7, 11) is 1.53. The maximum absolute atomic E-state index is 11.9. The molecule has 0 bridgehead atoms. The molecule has 1 heterocycles. The Kier molecular flexibility index (Phi) is 3.85. The Bertz CT molecular complexity index is 512. The molecule has 0 unspecified atom stereocenters. The minimum Gasteiger partial charge on any atom is -0.496 e. The monoisotopic (exact) mass is 247 g/mol. The molecule has 0 radical (unpaired) electrons. The van der Waals surface area contributed by atoms with Crippen LogP contribution in [0.15, 0.2) is 24.3 Å². The molecule has 2 aromatic rings. The lowest BCUT2D eigenvalue weighted by molar-refractivity contribution is 0.0951. The third-order valence-electron chi connectivity index (χ3n) is 2.37. The minimum atomic E-state index is -0.184. The largest absolute Gasteiger partial charge is 0.496 e. The molecule has 1 amide bonds. The summed E-state index contributed by atoms with van der Waals surface area (Å²) in [6.45, 7) is 0.441. The number of H-pyrrole nitrogens is 1. The lowest BCUT2D eigenvalue weighted by atomic mass is 10.2. The maximum atomic E-state index is 11.9. The van der Waals surface area contributed by atoms with Crippen molar-refractivity contribution in [1.82, 2.24) is 25.9 Å². The second kappa shape index (κ2) is 5.76. The van der Waals surface area contributed by atoms with Gasteiger partial charge in [-0.2, -0.15) is 5.21 Å². The highest BCUT2D eigenvalue weighted by Gasteiger charge is 2.10. The van der Waals surface area contributed by atoms with Crippen molar-refractivity contribution in [3.05, 3.63) is 35.7 Å². The molecule has 0 fully saturated rings. The Morgan fingerprint density at radius 2 is 2.28 bits per heavy atom. The summed E-state index contributed by atoms with van der Waals surface area (Å²) in [5, 5.41) is 16.2. The molecule has 0 aliphatic rings. The maximum Gasteiger partial charge on any atom is 0.255 e. The number of hydrogen-bond donors (Lipinski definition) is 2. The van der Waals surface area contributed by atoms with Crippen LogP contribution in [-0.4, -0.2) is 40.2 Å². The van der Waals surface area contributed by atoms with Crippen LogP contribution in [0.3, 0.4) is 0 Å². The van der Waals surface area contributed by atoms with E-state index >= 15 is 0 Å². The fourth-order valence-corrected chi connectivity index (χ4v) is 1.50. The molecule has 94 valence electrons. The van der Waals surface area contributed by atoms with Crippen LogP contribution in [0.25, 0.3) is 0 Å². The Morgan fingerprint density at radius 3 is 3.00 bits per heavy atom. The lowest BCUT2D eigenvalue weighted by Crippen LogP contribution is -2.26. The van der Waals surface area contributed by atoms with Crippen LogP contribution in [-0.2, 0) is 6.42 Å². The van der Waals surface area contributed by atoms with Gasteiger partial charge in [0.15, 0.2) is 5.82 Å². The van der Waals surface area contributed by atoms with Crippen LogP contribution in [0, 0.1) is 0 Å². The van der Waals surface area contributed by atoms with E-state index < -0.39 is 0 Å². The van der Waals surface area contributed by atoms with E-state index in [4.69, 9.17) is 4.74 Å². The summed E-state index contributed by atoms with van der Waals surface area (Å²) in [5.41, 5.74) is 0.508. The fourth-order valence-electron chi connectivity index (χ4n) is 1.50. The van der Waals surface area contributed by atoms with Gasteiger partial charge in [-0.1, -0.05) is 17.3 Å². The van der Waals surface area contributed by atoms with E-state index in [1.54, 1.807) is 18.2 Å². The number of ether oxygens (including phenoxy) is 1. The molecule has 0 aliphatic carbocycles. The standard InChI is InChI=1S/C11H13N5O2/c1-18-9-5-3-2-4-8(9)11(17)12-7-6-10-13-15-16-14-10/h2-5H,6-7H2,1H3,(H,12,17)(H,13,14,15,16). The average Bonchev–Trinajstić information content (AvgIpc) is 2.91. The summed E-state index contributed by atoms with van der Waals surface area (Å²) in [5.74, 6) is 0.931. The summed E-state index contributed by atoms with van der Waals surface area (Å²) >= 11 is 0. The second-order valence-electron chi connectivity index (χ2n) is 3.53. The number of tetrazole rings is 1. The Morgan fingerprint density at radius 1 is 1.44 bits per heavy atom. The van der Waals surface area contributed by atoms with Gasteiger partial charge in [-0.25, -0.2) is 0 Å². The normalized spacial score (nSPS) is 10.1.